The van der Waals surface area contributed by atoms with Crippen molar-refractivity contribution in [2.75, 3.05) is 13.2 Å². The van der Waals surface area contributed by atoms with Gasteiger partial charge in [0.05, 0.1) is 10.9 Å². The quantitative estimate of drug-likeness (QED) is 0.724. The van der Waals surface area contributed by atoms with Crippen molar-refractivity contribution in [2.45, 2.75) is 26.3 Å². The largest absolute Gasteiger partial charge is 0.454 e. The average Bonchev–Trinajstić information content (AvgIpc) is 3.04. The van der Waals surface area contributed by atoms with Gasteiger partial charge in [-0.15, -0.1) is 11.3 Å². The molecule has 0 aromatic carbocycles. The lowest BCUT2D eigenvalue weighted by Gasteiger charge is -2.27. The monoisotopic (exact) mass is 337 g/mol. The SMILES string of the molecule is CC(C)[C@@](C)(C#N)NC(=O)COC(=O)CNC(=O)c1cccs1. The summed E-state index contributed by atoms with van der Waals surface area (Å²) in [5, 5.41) is 15.8. The molecule has 1 aromatic rings. The van der Waals surface area contributed by atoms with E-state index in [0.29, 0.717) is 4.88 Å². The molecule has 1 heterocycles. The number of amides is 2. The van der Waals surface area contributed by atoms with Gasteiger partial charge >= 0.3 is 5.97 Å². The lowest BCUT2D eigenvalue weighted by atomic mass is 9.90. The average molecular weight is 337 g/mol. The Bertz CT molecular complexity index is 607. The van der Waals surface area contributed by atoms with Gasteiger partial charge in [-0.05, 0) is 24.3 Å². The van der Waals surface area contributed by atoms with Crippen LogP contribution in [0.4, 0.5) is 0 Å². The molecule has 124 valence electrons. The van der Waals surface area contributed by atoms with Crippen LogP contribution in [0.3, 0.4) is 0 Å². The van der Waals surface area contributed by atoms with E-state index in [1.54, 1.807) is 38.3 Å². The minimum atomic E-state index is -1.03. The molecule has 0 unspecified atom stereocenters. The molecule has 2 N–H and O–H groups in total. The van der Waals surface area contributed by atoms with Crippen LogP contribution >= 0.6 is 11.3 Å². The van der Waals surface area contributed by atoms with E-state index in [4.69, 9.17) is 10.00 Å². The number of nitrogens with one attached hydrogen (secondary N) is 2. The predicted molar refractivity (Wildman–Crippen MR) is 84.6 cm³/mol. The molecule has 0 radical (unpaired) electrons. The molecule has 7 nitrogen and oxygen atoms in total. The molecule has 0 aliphatic carbocycles. The number of thiophene rings is 1. The van der Waals surface area contributed by atoms with Crippen LogP contribution in [-0.2, 0) is 14.3 Å². The van der Waals surface area contributed by atoms with Crippen molar-refractivity contribution in [3.63, 3.8) is 0 Å². The summed E-state index contributed by atoms with van der Waals surface area (Å²) in [6, 6.07) is 5.38. The molecule has 0 bridgehead atoms. The van der Waals surface area contributed by atoms with Gasteiger partial charge < -0.3 is 15.4 Å². The third kappa shape index (κ3) is 5.71. The zero-order valence-electron chi connectivity index (χ0n) is 13.2. The Hall–Kier alpha value is -2.40. The lowest BCUT2D eigenvalue weighted by molar-refractivity contribution is -0.147. The van der Waals surface area contributed by atoms with Gasteiger partial charge in [0, 0.05) is 0 Å². The van der Waals surface area contributed by atoms with E-state index in [1.807, 2.05) is 6.07 Å². The summed E-state index contributed by atoms with van der Waals surface area (Å²) in [4.78, 5) is 35.3. The van der Waals surface area contributed by atoms with Crippen molar-refractivity contribution in [1.29, 1.82) is 5.26 Å². The highest BCUT2D eigenvalue weighted by Crippen LogP contribution is 2.14. The number of ether oxygens (including phenoxy) is 1. The van der Waals surface area contributed by atoms with E-state index in [9.17, 15) is 14.4 Å². The van der Waals surface area contributed by atoms with Crippen molar-refractivity contribution in [1.82, 2.24) is 10.6 Å². The van der Waals surface area contributed by atoms with Crippen LogP contribution < -0.4 is 10.6 Å². The second-order valence-corrected chi connectivity index (χ2v) is 6.29. The number of carbonyl (C=O) groups is 3. The van der Waals surface area contributed by atoms with Gasteiger partial charge in [-0.3, -0.25) is 14.4 Å². The number of nitriles is 1. The molecule has 23 heavy (non-hydrogen) atoms. The Labute approximate surface area is 138 Å². The first-order valence-corrected chi connectivity index (χ1v) is 7.86. The minimum absolute atomic E-state index is 0.0998. The Morgan fingerprint density at radius 1 is 1.43 bits per heavy atom. The molecule has 1 atom stereocenters. The molecule has 1 rings (SSSR count). The third-order valence-electron chi connectivity index (χ3n) is 3.29. The zero-order valence-corrected chi connectivity index (χ0v) is 14.0. The Morgan fingerprint density at radius 3 is 2.65 bits per heavy atom. The Balaban J connectivity index is 2.34. The smallest absolute Gasteiger partial charge is 0.325 e. The van der Waals surface area contributed by atoms with Gasteiger partial charge in [-0.2, -0.15) is 5.26 Å². The lowest BCUT2D eigenvalue weighted by Crippen LogP contribution is -2.50. The number of rotatable bonds is 7. The van der Waals surface area contributed by atoms with E-state index in [1.165, 1.54) is 11.3 Å². The first kappa shape index (κ1) is 18.6. The van der Waals surface area contributed by atoms with Crippen molar-refractivity contribution >= 4 is 29.1 Å². The topological polar surface area (TPSA) is 108 Å². The van der Waals surface area contributed by atoms with Crippen LogP contribution in [0.5, 0.6) is 0 Å². The highest BCUT2D eigenvalue weighted by molar-refractivity contribution is 7.12. The molecule has 2 amide bonds. The molecule has 0 aliphatic rings. The van der Waals surface area contributed by atoms with Crippen LogP contribution in [0.25, 0.3) is 0 Å². The maximum absolute atomic E-state index is 11.7. The van der Waals surface area contributed by atoms with Gasteiger partial charge in [-0.1, -0.05) is 19.9 Å². The number of nitrogens with zero attached hydrogens (tertiary/aromatic N) is 1. The highest BCUT2D eigenvalue weighted by atomic mass is 32.1. The second kappa shape index (κ2) is 8.29. The molecular formula is C15H19N3O4S. The van der Waals surface area contributed by atoms with Gasteiger partial charge in [0.15, 0.2) is 6.61 Å². The van der Waals surface area contributed by atoms with Gasteiger partial charge in [0.2, 0.25) is 0 Å². The summed E-state index contributed by atoms with van der Waals surface area (Å²) >= 11 is 1.25. The Kier molecular flexibility index (Phi) is 6.72. The predicted octanol–water partition coefficient (Wildman–Crippen LogP) is 1.08. The van der Waals surface area contributed by atoms with Crippen LogP contribution in [0.2, 0.25) is 0 Å². The second-order valence-electron chi connectivity index (χ2n) is 5.34. The summed E-state index contributed by atoms with van der Waals surface area (Å²) in [5.41, 5.74) is -1.03. The molecule has 1 aromatic heterocycles. The fourth-order valence-electron chi connectivity index (χ4n) is 1.47. The molecule has 0 saturated heterocycles. The molecule has 8 heteroatoms. The van der Waals surface area contributed by atoms with E-state index in [0.717, 1.165) is 0 Å². The van der Waals surface area contributed by atoms with Gasteiger partial charge in [-0.25, -0.2) is 0 Å². The van der Waals surface area contributed by atoms with Gasteiger partial charge in [0.1, 0.15) is 12.1 Å². The molecule has 0 spiro atoms. The number of hydrogen-bond acceptors (Lipinski definition) is 6. The van der Waals surface area contributed by atoms with E-state index >= 15 is 0 Å². The maximum atomic E-state index is 11.7. The van der Waals surface area contributed by atoms with Crippen molar-refractivity contribution in [3.05, 3.63) is 22.4 Å². The number of carbonyl (C=O) groups excluding carboxylic acids is 3. The number of hydrogen-bond donors (Lipinski definition) is 2. The molecule has 0 aliphatic heterocycles. The first-order valence-electron chi connectivity index (χ1n) is 6.98. The van der Waals surface area contributed by atoms with Crippen LogP contribution in [0.15, 0.2) is 17.5 Å². The fraction of sp³-hybridized carbons (Fsp3) is 0.467. The Morgan fingerprint density at radius 2 is 2.13 bits per heavy atom. The van der Waals surface area contributed by atoms with Crippen molar-refractivity contribution in [3.8, 4) is 6.07 Å². The van der Waals surface area contributed by atoms with Crippen LogP contribution in [-0.4, -0.2) is 36.5 Å². The van der Waals surface area contributed by atoms with Crippen molar-refractivity contribution < 1.29 is 19.1 Å². The highest BCUT2D eigenvalue weighted by Gasteiger charge is 2.30. The maximum Gasteiger partial charge on any atom is 0.325 e. The normalized spacial score (nSPS) is 12.8. The molecule has 0 fully saturated rings. The summed E-state index contributed by atoms with van der Waals surface area (Å²) in [6.07, 6.45) is 0. The summed E-state index contributed by atoms with van der Waals surface area (Å²) in [7, 11) is 0. The van der Waals surface area contributed by atoms with E-state index in [2.05, 4.69) is 10.6 Å². The van der Waals surface area contributed by atoms with Crippen LogP contribution in [0, 0.1) is 17.2 Å². The minimum Gasteiger partial charge on any atom is -0.454 e. The first-order chi connectivity index (χ1) is 10.8. The van der Waals surface area contributed by atoms with E-state index < -0.39 is 24.0 Å². The molecule has 0 saturated carbocycles. The summed E-state index contributed by atoms with van der Waals surface area (Å²) in [6.45, 7) is 4.37. The third-order valence-corrected chi connectivity index (χ3v) is 4.16. The molecular weight excluding hydrogens is 318 g/mol. The van der Waals surface area contributed by atoms with Gasteiger partial charge in [0.25, 0.3) is 11.8 Å². The fourth-order valence-corrected chi connectivity index (χ4v) is 2.11. The van der Waals surface area contributed by atoms with Crippen molar-refractivity contribution in [2.24, 2.45) is 5.92 Å². The van der Waals surface area contributed by atoms with Crippen LogP contribution in [0.1, 0.15) is 30.4 Å². The van der Waals surface area contributed by atoms with E-state index in [-0.39, 0.29) is 18.4 Å². The summed E-state index contributed by atoms with van der Waals surface area (Å²) in [5.74, 6) is -1.77. The summed E-state index contributed by atoms with van der Waals surface area (Å²) < 4.78 is 4.77. The number of esters is 1. The zero-order chi connectivity index (χ0) is 17.5. The standard InChI is InChI=1S/C15H19N3O4S/c1-10(2)15(3,9-16)18-12(19)8-22-13(20)7-17-14(21)11-5-4-6-23-11/h4-6,10H,7-8H2,1-3H3,(H,17,21)(H,18,19)/t15-/m1/s1.